The maximum absolute atomic E-state index is 9.98. The van der Waals surface area contributed by atoms with Crippen molar-refractivity contribution in [2.45, 2.75) is 26.2 Å². The van der Waals surface area contributed by atoms with Gasteiger partial charge in [-0.2, -0.15) is 5.11 Å². The number of aromatic hydroxyl groups is 1. The third kappa shape index (κ3) is 3.41. The zero-order chi connectivity index (χ0) is 13.9. The predicted molar refractivity (Wildman–Crippen MR) is 77.4 cm³/mol. The van der Waals surface area contributed by atoms with Gasteiger partial charge in [-0.15, -0.1) is 5.11 Å². The van der Waals surface area contributed by atoms with Crippen molar-refractivity contribution in [3.8, 4) is 5.75 Å². The Bertz CT molecular complexity index is 583. The second-order valence-corrected chi connectivity index (χ2v) is 5.49. The van der Waals surface area contributed by atoms with E-state index in [1.165, 1.54) is 0 Å². The van der Waals surface area contributed by atoms with Gasteiger partial charge in [-0.3, -0.25) is 0 Å². The van der Waals surface area contributed by atoms with Crippen LogP contribution in [0.2, 0.25) is 0 Å². The molecule has 0 aromatic heterocycles. The molecule has 0 spiro atoms. The summed E-state index contributed by atoms with van der Waals surface area (Å²) in [4.78, 5) is 0. The smallest absolute Gasteiger partial charge is 0.143 e. The van der Waals surface area contributed by atoms with E-state index < -0.39 is 0 Å². The van der Waals surface area contributed by atoms with Gasteiger partial charge in [0.1, 0.15) is 11.4 Å². The molecule has 2 rings (SSSR count). The number of hydrogen-bond donors (Lipinski definition) is 1. The van der Waals surface area contributed by atoms with E-state index in [1.807, 2.05) is 36.4 Å². The lowest BCUT2D eigenvalue weighted by Gasteiger charge is -2.19. The van der Waals surface area contributed by atoms with Crippen LogP contribution < -0.4 is 0 Å². The Hall–Kier alpha value is -2.16. The number of hydrogen-bond acceptors (Lipinski definition) is 3. The van der Waals surface area contributed by atoms with Crippen LogP contribution >= 0.6 is 0 Å². The maximum Gasteiger partial charge on any atom is 0.143 e. The number of rotatable bonds is 2. The van der Waals surface area contributed by atoms with Gasteiger partial charge in [0.25, 0.3) is 0 Å². The molecule has 98 valence electrons. The second-order valence-electron chi connectivity index (χ2n) is 5.49. The summed E-state index contributed by atoms with van der Waals surface area (Å²) in [5, 5.41) is 18.1. The molecule has 3 nitrogen and oxygen atoms in total. The SMILES string of the molecule is CC(C)(C)c1ccc(N=Nc2ccccc2)c(O)c1. The molecule has 2 aromatic rings. The van der Waals surface area contributed by atoms with Crippen LogP contribution in [0.4, 0.5) is 11.4 Å². The van der Waals surface area contributed by atoms with Crippen LogP contribution in [0.5, 0.6) is 5.75 Å². The van der Waals surface area contributed by atoms with Crippen LogP contribution in [0.15, 0.2) is 58.8 Å². The highest BCUT2D eigenvalue weighted by molar-refractivity contribution is 5.53. The molecule has 19 heavy (non-hydrogen) atoms. The van der Waals surface area contributed by atoms with Gasteiger partial charge in [-0.05, 0) is 35.2 Å². The van der Waals surface area contributed by atoms with Crippen LogP contribution in [0, 0.1) is 0 Å². The highest BCUT2D eigenvalue weighted by atomic mass is 16.3. The topological polar surface area (TPSA) is 45.0 Å². The first kappa shape index (κ1) is 13.3. The summed E-state index contributed by atoms with van der Waals surface area (Å²) in [6.45, 7) is 6.31. The van der Waals surface area contributed by atoms with E-state index in [0.29, 0.717) is 5.69 Å². The summed E-state index contributed by atoms with van der Waals surface area (Å²) >= 11 is 0. The number of azo groups is 1. The van der Waals surface area contributed by atoms with Gasteiger partial charge in [-0.25, -0.2) is 0 Å². The van der Waals surface area contributed by atoms with Crippen molar-refractivity contribution in [3.63, 3.8) is 0 Å². The van der Waals surface area contributed by atoms with Crippen molar-refractivity contribution in [1.82, 2.24) is 0 Å². The molecule has 0 saturated carbocycles. The summed E-state index contributed by atoms with van der Waals surface area (Å²) in [6.07, 6.45) is 0. The Morgan fingerprint density at radius 2 is 1.58 bits per heavy atom. The van der Waals surface area contributed by atoms with Gasteiger partial charge in [0.2, 0.25) is 0 Å². The van der Waals surface area contributed by atoms with Gasteiger partial charge in [0.05, 0.1) is 5.69 Å². The van der Waals surface area contributed by atoms with Crippen LogP contribution in [0.25, 0.3) is 0 Å². The largest absolute Gasteiger partial charge is 0.506 e. The van der Waals surface area contributed by atoms with E-state index in [1.54, 1.807) is 12.1 Å². The molecule has 0 saturated heterocycles. The molecule has 0 bridgehead atoms. The Kier molecular flexibility index (Phi) is 3.65. The van der Waals surface area contributed by atoms with E-state index in [0.717, 1.165) is 11.3 Å². The fraction of sp³-hybridized carbons (Fsp3) is 0.250. The Labute approximate surface area is 113 Å². The van der Waals surface area contributed by atoms with Crippen LogP contribution in [0.3, 0.4) is 0 Å². The van der Waals surface area contributed by atoms with E-state index in [-0.39, 0.29) is 11.2 Å². The molecule has 0 aliphatic rings. The summed E-state index contributed by atoms with van der Waals surface area (Å²) in [7, 11) is 0. The first-order valence-corrected chi connectivity index (χ1v) is 6.27. The summed E-state index contributed by atoms with van der Waals surface area (Å²) in [5.41, 5.74) is 2.33. The molecule has 2 aromatic carbocycles. The number of nitrogens with zero attached hydrogens (tertiary/aromatic N) is 2. The molecular weight excluding hydrogens is 236 g/mol. The quantitative estimate of drug-likeness (QED) is 0.744. The minimum Gasteiger partial charge on any atom is -0.506 e. The minimum atomic E-state index is 0.00653. The van der Waals surface area contributed by atoms with Gasteiger partial charge in [-0.1, -0.05) is 45.0 Å². The van der Waals surface area contributed by atoms with Crippen LogP contribution in [-0.2, 0) is 5.41 Å². The van der Waals surface area contributed by atoms with Crippen molar-refractivity contribution >= 4 is 11.4 Å². The highest BCUT2D eigenvalue weighted by Crippen LogP contribution is 2.33. The third-order valence-electron chi connectivity index (χ3n) is 2.87. The zero-order valence-corrected chi connectivity index (χ0v) is 11.5. The molecule has 0 radical (unpaired) electrons. The molecule has 0 fully saturated rings. The number of phenolic OH excluding ortho intramolecular Hbond substituents is 1. The molecule has 0 unspecified atom stereocenters. The number of benzene rings is 2. The maximum atomic E-state index is 9.98. The molecule has 0 atom stereocenters. The van der Waals surface area contributed by atoms with Crippen molar-refractivity contribution in [2.24, 2.45) is 10.2 Å². The lowest BCUT2D eigenvalue weighted by Crippen LogP contribution is -2.10. The normalized spacial score (nSPS) is 11.9. The third-order valence-corrected chi connectivity index (χ3v) is 2.87. The van der Waals surface area contributed by atoms with E-state index in [2.05, 4.69) is 31.0 Å². The molecular formula is C16H18N2O. The first-order valence-electron chi connectivity index (χ1n) is 6.27. The highest BCUT2D eigenvalue weighted by Gasteiger charge is 2.15. The second kappa shape index (κ2) is 5.22. The number of phenols is 1. The molecule has 0 aliphatic carbocycles. The zero-order valence-electron chi connectivity index (χ0n) is 11.5. The van der Waals surface area contributed by atoms with Crippen molar-refractivity contribution in [1.29, 1.82) is 0 Å². The average Bonchev–Trinajstić information content (AvgIpc) is 2.37. The van der Waals surface area contributed by atoms with Crippen LogP contribution in [0.1, 0.15) is 26.3 Å². The van der Waals surface area contributed by atoms with E-state index >= 15 is 0 Å². The fourth-order valence-corrected chi connectivity index (χ4v) is 1.68. The molecule has 3 heteroatoms. The molecule has 0 heterocycles. The average molecular weight is 254 g/mol. The summed E-state index contributed by atoms with van der Waals surface area (Å²) in [6, 6.07) is 15.0. The predicted octanol–water partition coefficient (Wildman–Crippen LogP) is 5.11. The van der Waals surface area contributed by atoms with Gasteiger partial charge in [0.15, 0.2) is 0 Å². The Morgan fingerprint density at radius 1 is 0.895 bits per heavy atom. The standard InChI is InChI=1S/C16H18N2O/c1-16(2,3)12-9-10-14(15(19)11-12)18-17-13-7-5-4-6-8-13/h4-11,19H,1-3H3. The lowest BCUT2D eigenvalue weighted by molar-refractivity contribution is 0.472. The first-order chi connectivity index (χ1) is 8.97. The van der Waals surface area contributed by atoms with E-state index in [9.17, 15) is 5.11 Å². The van der Waals surface area contributed by atoms with Crippen molar-refractivity contribution in [3.05, 3.63) is 54.1 Å². The minimum absolute atomic E-state index is 0.00653. The van der Waals surface area contributed by atoms with Crippen molar-refractivity contribution < 1.29 is 5.11 Å². The summed E-state index contributed by atoms with van der Waals surface area (Å²) < 4.78 is 0. The van der Waals surface area contributed by atoms with Gasteiger partial charge < -0.3 is 5.11 Å². The Morgan fingerprint density at radius 3 is 2.16 bits per heavy atom. The van der Waals surface area contributed by atoms with Gasteiger partial charge in [0, 0.05) is 0 Å². The van der Waals surface area contributed by atoms with Gasteiger partial charge >= 0.3 is 0 Å². The lowest BCUT2D eigenvalue weighted by atomic mass is 9.87. The molecule has 0 aliphatic heterocycles. The Balaban J connectivity index is 2.25. The fourth-order valence-electron chi connectivity index (χ4n) is 1.68. The van der Waals surface area contributed by atoms with Crippen molar-refractivity contribution in [2.75, 3.05) is 0 Å². The summed E-state index contributed by atoms with van der Waals surface area (Å²) in [5.74, 6) is 0.159. The van der Waals surface area contributed by atoms with E-state index in [4.69, 9.17) is 0 Å². The monoisotopic (exact) mass is 254 g/mol. The molecule has 1 N–H and O–H groups in total. The van der Waals surface area contributed by atoms with Crippen LogP contribution in [-0.4, -0.2) is 5.11 Å². The molecule has 0 amide bonds.